The number of benzene rings is 1. The van der Waals surface area contributed by atoms with Crippen LogP contribution in [-0.4, -0.2) is 23.1 Å². The molecular formula is C14H20BrNO. The SMILES string of the molecule is CCC1CCCN(Cc2cc(O)ccc2Br)C1. The zero-order valence-corrected chi connectivity index (χ0v) is 11.9. The Morgan fingerprint density at radius 3 is 3.06 bits per heavy atom. The Hall–Kier alpha value is -0.540. The number of halogens is 1. The van der Waals surface area contributed by atoms with E-state index in [9.17, 15) is 5.11 Å². The van der Waals surface area contributed by atoms with Gasteiger partial charge in [0.05, 0.1) is 0 Å². The number of hydrogen-bond acceptors (Lipinski definition) is 2. The first-order chi connectivity index (χ1) is 8.19. The number of nitrogens with zero attached hydrogens (tertiary/aromatic N) is 1. The summed E-state index contributed by atoms with van der Waals surface area (Å²) < 4.78 is 1.09. The molecule has 0 radical (unpaired) electrons. The smallest absolute Gasteiger partial charge is 0.115 e. The minimum absolute atomic E-state index is 0.354. The summed E-state index contributed by atoms with van der Waals surface area (Å²) in [5.41, 5.74) is 1.18. The number of hydrogen-bond donors (Lipinski definition) is 1. The maximum absolute atomic E-state index is 9.53. The number of likely N-dealkylation sites (tertiary alicyclic amines) is 1. The van der Waals surface area contributed by atoms with E-state index < -0.39 is 0 Å². The summed E-state index contributed by atoms with van der Waals surface area (Å²) in [6, 6.07) is 5.50. The van der Waals surface area contributed by atoms with Crippen LogP contribution in [0.1, 0.15) is 31.7 Å². The summed E-state index contributed by atoms with van der Waals surface area (Å²) in [5.74, 6) is 1.20. The zero-order valence-electron chi connectivity index (χ0n) is 10.3. The van der Waals surface area contributed by atoms with Gasteiger partial charge in [-0.05, 0) is 49.1 Å². The van der Waals surface area contributed by atoms with Crippen LogP contribution >= 0.6 is 15.9 Å². The largest absolute Gasteiger partial charge is 0.508 e. The second-order valence-corrected chi connectivity index (χ2v) is 5.78. The molecule has 94 valence electrons. The van der Waals surface area contributed by atoms with E-state index in [1.54, 1.807) is 6.07 Å². The number of phenols is 1. The quantitative estimate of drug-likeness (QED) is 0.918. The third-order valence-electron chi connectivity index (χ3n) is 3.60. The fraction of sp³-hybridized carbons (Fsp3) is 0.571. The van der Waals surface area contributed by atoms with Crippen LogP contribution < -0.4 is 0 Å². The highest BCUT2D eigenvalue weighted by atomic mass is 79.9. The summed E-state index contributed by atoms with van der Waals surface area (Å²) in [4.78, 5) is 2.50. The van der Waals surface area contributed by atoms with Crippen LogP contribution in [0.3, 0.4) is 0 Å². The second-order valence-electron chi connectivity index (χ2n) is 4.93. The predicted octanol–water partition coefficient (Wildman–Crippen LogP) is 3.78. The minimum atomic E-state index is 0.354. The Morgan fingerprint density at radius 2 is 2.29 bits per heavy atom. The molecular weight excluding hydrogens is 278 g/mol. The van der Waals surface area contributed by atoms with Gasteiger partial charge in [-0.15, -0.1) is 0 Å². The molecule has 1 aromatic rings. The summed E-state index contributed by atoms with van der Waals surface area (Å²) in [6.45, 7) is 5.58. The lowest BCUT2D eigenvalue weighted by molar-refractivity contribution is 0.164. The fourth-order valence-corrected chi connectivity index (χ4v) is 2.92. The number of piperidine rings is 1. The van der Waals surface area contributed by atoms with E-state index in [1.807, 2.05) is 12.1 Å². The highest BCUT2D eigenvalue weighted by Gasteiger charge is 2.19. The first-order valence-electron chi connectivity index (χ1n) is 6.38. The van der Waals surface area contributed by atoms with Gasteiger partial charge in [0.2, 0.25) is 0 Å². The summed E-state index contributed by atoms with van der Waals surface area (Å²) in [7, 11) is 0. The highest BCUT2D eigenvalue weighted by Crippen LogP contribution is 2.26. The zero-order chi connectivity index (χ0) is 12.3. The van der Waals surface area contributed by atoms with Crippen molar-refractivity contribution in [2.75, 3.05) is 13.1 Å². The summed E-state index contributed by atoms with van der Waals surface area (Å²) >= 11 is 3.55. The molecule has 2 rings (SSSR count). The van der Waals surface area contributed by atoms with E-state index in [0.717, 1.165) is 16.9 Å². The van der Waals surface area contributed by atoms with Crippen LogP contribution in [0.25, 0.3) is 0 Å². The average molecular weight is 298 g/mol. The van der Waals surface area contributed by atoms with Gasteiger partial charge in [0.25, 0.3) is 0 Å². The van der Waals surface area contributed by atoms with Gasteiger partial charge >= 0.3 is 0 Å². The molecule has 1 aliphatic rings. The van der Waals surface area contributed by atoms with Crippen LogP contribution in [0.15, 0.2) is 22.7 Å². The standard InChI is InChI=1S/C14H20BrNO/c1-2-11-4-3-7-16(9-11)10-12-8-13(17)5-6-14(12)15/h5-6,8,11,17H,2-4,7,9-10H2,1H3. The van der Waals surface area contributed by atoms with Gasteiger partial charge in [-0.2, -0.15) is 0 Å². The van der Waals surface area contributed by atoms with Crippen LogP contribution in [-0.2, 0) is 6.54 Å². The molecule has 0 spiro atoms. The molecule has 1 unspecified atom stereocenters. The van der Waals surface area contributed by atoms with E-state index in [1.165, 1.54) is 37.9 Å². The van der Waals surface area contributed by atoms with Crippen LogP contribution in [0, 0.1) is 5.92 Å². The third kappa shape index (κ3) is 3.46. The molecule has 3 heteroatoms. The summed E-state index contributed by atoms with van der Waals surface area (Å²) in [5, 5.41) is 9.53. The molecule has 1 saturated heterocycles. The van der Waals surface area contributed by atoms with Gasteiger partial charge < -0.3 is 5.11 Å². The van der Waals surface area contributed by atoms with Crippen LogP contribution in [0.2, 0.25) is 0 Å². The number of aromatic hydroxyl groups is 1. The Bertz CT molecular complexity index is 380. The molecule has 0 saturated carbocycles. The molecule has 1 atom stereocenters. The lowest BCUT2D eigenvalue weighted by atomic mass is 9.95. The maximum atomic E-state index is 9.53. The van der Waals surface area contributed by atoms with Crippen molar-refractivity contribution in [1.29, 1.82) is 0 Å². The Labute approximate surface area is 112 Å². The van der Waals surface area contributed by atoms with Crippen molar-refractivity contribution in [2.45, 2.75) is 32.7 Å². The van der Waals surface area contributed by atoms with Gasteiger partial charge in [0, 0.05) is 17.6 Å². The number of rotatable bonds is 3. The van der Waals surface area contributed by atoms with Gasteiger partial charge in [0.1, 0.15) is 5.75 Å². The number of phenolic OH excluding ortho intramolecular Hbond substituents is 1. The van der Waals surface area contributed by atoms with Gasteiger partial charge in [-0.25, -0.2) is 0 Å². The average Bonchev–Trinajstić information content (AvgIpc) is 2.34. The molecule has 0 bridgehead atoms. The molecule has 1 N–H and O–H groups in total. The molecule has 2 nitrogen and oxygen atoms in total. The highest BCUT2D eigenvalue weighted by molar-refractivity contribution is 9.10. The normalized spacial score (nSPS) is 21.6. The summed E-state index contributed by atoms with van der Waals surface area (Å²) in [6.07, 6.45) is 3.95. The van der Waals surface area contributed by atoms with Crippen molar-refractivity contribution >= 4 is 15.9 Å². The van der Waals surface area contributed by atoms with Crippen molar-refractivity contribution in [3.8, 4) is 5.75 Å². The monoisotopic (exact) mass is 297 g/mol. The molecule has 0 aromatic heterocycles. The molecule has 0 amide bonds. The van der Waals surface area contributed by atoms with Gasteiger partial charge in [-0.1, -0.05) is 29.3 Å². The lowest BCUT2D eigenvalue weighted by Crippen LogP contribution is -2.34. The second kappa shape index (κ2) is 5.87. The van der Waals surface area contributed by atoms with Crippen molar-refractivity contribution < 1.29 is 5.11 Å². The van der Waals surface area contributed by atoms with E-state index in [2.05, 4.69) is 27.8 Å². The Balaban J connectivity index is 2.02. The van der Waals surface area contributed by atoms with E-state index in [0.29, 0.717) is 5.75 Å². The van der Waals surface area contributed by atoms with Gasteiger partial charge in [-0.3, -0.25) is 4.90 Å². The Kier molecular flexibility index (Phi) is 4.46. The van der Waals surface area contributed by atoms with E-state index >= 15 is 0 Å². The first-order valence-corrected chi connectivity index (χ1v) is 7.18. The lowest BCUT2D eigenvalue weighted by Gasteiger charge is -2.32. The molecule has 0 aliphatic carbocycles. The predicted molar refractivity (Wildman–Crippen MR) is 74.1 cm³/mol. The first kappa shape index (κ1) is 12.9. The van der Waals surface area contributed by atoms with Crippen molar-refractivity contribution in [3.63, 3.8) is 0 Å². The topological polar surface area (TPSA) is 23.5 Å². The fourth-order valence-electron chi connectivity index (χ4n) is 2.55. The van der Waals surface area contributed by atoms with Crippen LogP contribution in [0.5, 0.6) is 5.75 Å². The van der Waals surface area contributed by atoms with Crippen molar-refractivity contribution in [3.05, 3.63) is 28.2 Å². The molecule has 1 aliphatic heterocycles. The van der Waals surface area contributed by atoms with E-state index in [4.69, 9.17) is 0 Å². The van der Waals surface area contributed by atoms with Crippen molar-refractivity contribution in [2.24, 2.45) is 5.92 Å². The molecule has 17 heavy (non-hydrogen) atoms. The minimum Gasteiger partial charge on any atom is -0.508 e. The van der Waals surface area contributed by atoms with E-state index in [-0.39, 0.29) is 0 Å². The molecule has 1 heterocycles. The molecule has 1 aromatic carbocycles. The van der Waals surface area contributed by atoms with Crippen LogP contribution in [0.4, 0.5) is 0 Å². The maximum Gasteiger partial charge on any atom is 0.115 e. The Morgan fingerprint density at radius 1 is 1.47 bits per heavy atom. The van der Waals surface area contributed by atoms with Gasteiger partial charge in [0.15, 0.2) is 0 Å². The van der Waals surface area contributed by atoms with Crippen molar-refractivity contribution in [1.82, 2.24) is 4.90 Å². The third-order valence-corrected chi connectivity index (χ3v) is 4.38. The molecule has 1 fully saturated rings.